The van der Waals surface area contributed by atoms with Crippen molar-refractivity contribution in [1.29, 1.82) is 0 Å². The zero-order valence-corrected chi connectivity index (χ0v) is 10.8. The number of carbonyl (C=O) groups is 1. The first kappa shape index (κ1) is 13.1. The maximum atomic E-state index is 11.7. The molecule has 0 atom stereocenters. The molecule has 0 aliphatic carbocycles. The number of carbonyl (C=O) groups excluding carboxylic acids is 1. The summed E-state index contributed by atoms with van der Waals surface area (Å²) in [6.07, 6.45) is 0. The molecule has 0 aliphatic rings. The standard InChI is InChI=1S/C11H13Cl2NO2/c1-6(2)14-11(15)7-4-9(13)10(16-3)5-8(7)12/h4-6H,1-3H3,(H,14,15). The van der Waals surface area contributed by atoms with Crippen LogP contribution in [0.15, 0.2) is 12.1 Å². The molecule has 0 saturated heterocycles. The summed E-state index contributed by atoms with van der Waals surface area (Å²) in [6.45, 7) is 3.74. The van der Waals surface area contributed by atoms with E-state index in [9.17, 15) is 4.79 Å². The van der Waals surface area contributed by atoms with Gasteiger partial charge in [0.25, 0.3) is 5.91 Å². The van der Waals surface area contributed by atoms with E-state index in [-0.39, 0.29) is 11.9 Å². The molecule has 1 aromatic carbocycles. The van der Waals surface area contributed by atoms with Crippen molar-refractivity contribution in [2.45, 2.75) is 19.9 Å². The number of halogens is 2. The van der Waals surface area contributed by atoms with Gasteiger partial charge in [-0.3, -0.25) is 4.79 Å². The molecule has 0 unspecified atom stereocenters. The van der Waals surface area contributed by atoms with Gasteiger partial charge in [0.05, 0.1) is 22.7 Å². The number of rotatable bonds is 3. The summed E-state index contributed by atoms with van der Waals surface area (Å²) in [5, 5.41) is 3.42. The highest BCUT2D eigenvalue weighted by Gasteiger charge is 2.14. The lowest BCUT2D eigenvalue weighted by Crippen LogP contribution is -2.30. The summed E-state index contributed by atoms with van der Waals surface area (Å²) in [6, 6.07) is 3.07. The van der Waals surface area contributed by atoms with Crippen molar-refractivity contribution in [2.24, 2.45) is 0 Å². The molecule has 0 heterocycles. The highest BCUT2D eigenvalue weighted by molar-refractivity contribution is 6.36. The molecule has 0 bridgehead atoms. The van der Waals surface area contributed by atoms with Gasteiger partial charge < -0.3 is 10.1 Å². The Morgan fingerprint density at radius 3 is 2.44 bits per heavy atom. The van der Waals surface area contributed by atoms with Crippen molar-refractivity contribution in [3.63, 3.8) is 0 Å². The van der Waals surface area contributed by atoms with Crippen LogP contribution < -0.4 is 10.1 Å². The van der Waals surface area contributed by atoms with E-state index in [0.29, 0.717) is 21.4 Å². The molecule has 1 aromatic rings. The molecule has 5 heteroatoms. The van der Waals surface area contributed by atoms with Gasteiger partial charge in [0.2, 0.25) is 0 Å². The maximum absolute atomic E-state index is 11.7. The van der Waals surface area contributed by atoms with Crippen LogP contribution in [0.2, 0.25) is 10.0 Å². The van der Waals surface area contributed by atoms with Crippen LogP contribution in [0.4, 0.5) is 0 Å². The third kappa shape index (κ3) is 3.03. The molecule has 88 valence electrons. The fourth-order valence-corrected chi connectivity index (χ4v) is 1.68. The van der Waals surface area contributed by atoms with Crippen molar-refractivity contribution in [3.05, 3.63) is 27.7 Å². The number of amides is 1. The van der Waals surface area contributed by atoms with Crippen LogP contribution in [-0.2, 0) is 0 Å². The minimum Gasteiger partial charge on any atom is -0.495 e. The van der Waals surface area contributed by atoms with Gasteiger partial charge in [0, 0.05) is 12.1 Å². The van der Waals surface area contributed by atoms with Gasteiger partial charge in [0.1, 0.15) is 5.75 Å². The minimum atomic E-state index is -0.246. The summed E-state index contributed by atoms with van der Waals surface area (Å²) >= 11 is 11.9. The summed E-state index contributed by atoms with van der Waals surface area (Å²) < 4.78 is 4.99. The predicted octanol–water partition coefficient (Wildman–Crippen LogP) is 3.14. The van der Waals surface area contributed by atoms with Gasteiger partial charge in [-0.25, -0.2) is 0 Å². The lowest BCUT2D eigenvalue weighted by atomic mass is 10.2. The molecule has 1 rings (SSSR count). The summed E-state index contributed by atoms with van der Waals surface area (Å²) in [4.78, 5) is 11.7. The van der Waals surface area contributed by atoms with Crippen LogP contribution >= 0.6 is 23.2 Å². The maximum Gasteiger partial charge on any atom is 0.253 e. The predicted molar refractivity (Wildman–Crippen MR) is 65.6 cm³/mol. The zero-order chi connectivity index (χ0) is 12.3. The molecule has 16 heavy (non-hydrogen) atoms. The Labute approximate surface area is 105 Å². The Morgan fingerprint density at radius 1 is 1.31 bits per heavy atom. The van der Waals surface area contributed by atoms with Crippen molar-refractivity contribution < 1.29 is 9.53 Å². The van der Waals surface area contributed by atoms with Crippen LogP contribution in [-0.4, -0.2) is 19.1 Å². The lowest BCUT2D eigenvalue weighted by molar-refractivity contribution is 0.0943. The molecular formula is C11H13Cl2NO2. The number of hydrogen-bond acceptors (Lipinski definition) is 2. The number of methoxy groups -OCH3 is 1. The van der Waals surface area contributed by atoms with E-state index in [4.69, 9.17) is 27.9 Å². The molecule has 0 aromatic heterocycles. The Balaban J connectivity index is 3.06. The molecule has 1 N–H and O–H groups in total. The SMILES string of the molecule is COc1cc(Cl)c(C(=O)NC(C)C)cc1Cl. The second kappa shape index (κ2) is 5.41. The van der Waals surface area contributed by atoms with Crippen LogP contribution in [0.25, 0.3) is 0 Å². The number of ether oxygens (including phenoxy) is 1. The van der Waals surface area contributed by atoms with E-state index in [1.54, 1.807) is 0 Å². The molecule has 0 spiro atoms. The van der Waals surface area contributed by atoms with E-state index in [0.717, 1.165) is 0 Å². The van der Waals surface area contributed by atoms with Crippen LogP contribution in [0, 0.1) is 0 Å². The average molecular weight is 262 g/mol. The minimum absolute atomic E-state index is 0.0458. The fraction of sp³-hybridized carbons (Fsp3) is 0.364. The van der Waals surface area contributed by atoms with E-state index < -0.39 is 0 Å². The van der Waals surface area contributed by atoms with Crippen LogP contribution in [0.5, 0.6) is 5.75 Å². The molecule has 0 radical (unpaired) electrons. The molecule has 0 aliphatic heterocycles. The second-order valence-corrected chi connectivity index (χ2v) is 4.41. The average Bonchev–Trinajstić information content (AvgIpc) is 2.19. The fourth-order valence-electron chi connectivity index (χ4n) is 1.20. The Morgan fingerprint density at radius 2 is 1.94 bits per heavy atom. The monoisotopic (exact) mass is 261 g/mol. The first-order valence-corrected chi connectivity index (χ1v) is 5.55. The molecule has 0 fully saturated rings. The van der Waals surface area contributed by atoms with Gasteiger partial charge in [-0.2, -0.15) is 0 Å². The second-order valence-electron chi connectivity index (χ2n) is 3.59. The third-order valence-corrected chi connectivity index (χ3v) is 2.51. The summed E-state index contributed by atoms with van der Waals surface area (Å²) in [7, 11) is 1.49. The summed E-state index contributed by atoms with van der Waals surface area (Å²) in [5.41, 5.74) is 0.348. The highest BCUT2D eigenvalue weighted by atomic mass is 35.5. The van der Waals surface area contributed by atoms with Crippen molar-refractivity contribution in [3.8, 4) is 5.75 Å². The highest BCUT2D eigenvalue weighted by Crippen LogP contribution is 2.30. The van der Waals surface area contributed by atoms with Crippen LogP contribution in [0.1, 0.15) is 24.2 Å². The third-order valence-electron chi connectivity index (χ3n) is 1.91. The summed E-state index contributed by atoms with van der Waals surface area (Å²) in [5.74, 6) is 0.206. The first-order valence-electron chi connectivity index (χ1n) is 4.79. The molecular weight excluding hydrogens is 249 g/mol. The van der Waals surface area contributed by atoms with Gasteiger partial charge in [0.15, 0.2) is 0 Å². The topological polar surface area (TPSA) is 38.3 Å². The number of nitrogens with one attached hydrogen (secondary N) is 1. The van der Waals surface area contributed by atoms with Gasteiger partial charge in [-0.05, 0) is 19.9 Å². The van der Waals surface area contributed by atoms with Gasteiger partial charge >= 0.3 is 0 Å². The molecule has 3 nitrogen and oxygen atoms in total. The van der Waals surface area contributed by atoms with Crippen LogP contribution in [0.3, 0.4) is 0 Å². The first-order chi connectivity index (χ1) is 7.45. The number of hydrogen-bond donors (Lipinski definition) is 1. The smallest absolute Gasteiger partial charge is 0.253 e. The quantitative estimate of drug-likeness (QED) is 0.908. The number of benzene rings is 1. The zero-order valence-electron chi connectivity index (χ0n) is 9.30. The van der Waals surface area contributed by atoms with Crippen molar-refractivity contribution >= 4 is 29.1 Å². The molecule has 1 amide bonds. The normalized spacial score (nSPS) is 10.4. The molecule has 0 saturated carbocycles. The lowest BCUT2D eigenvalue weighted by Gasteiger charge is -2.11. The Kier molecular flexibility index (Phi) is 4.44. The van der Waals surface area contributed by atoms with E-state index in [1.165, 1.54) is 19.2 Å². The van der Waals surface area contributed by atoms with Gasteiger partial charge in [-0.1, -0.05) is 23.2 Å². The van der Waals surface area contributed by atoms with Crippen molar-refractivity contribution in [2.75, 3.05) is 7.11 Å². The Hall–Kier alpha value is -0.930. The van der Waals surface area contributed by atoms with E-state index in [1.807, 2.05) is 13.8 Å². The largest absolute Gasteiger partial charge is 0.495 e. The van der Waals surface area contributed by atoms with E-state index >= 15 is 0 Å². The van der Waals surface area contributed by atoms with Crippen molar-refractivity contribution in [1.82, 2.24) is 5.32 Å². The van der Waals surface area contributed by atoms with E-state index in [2.05, 4.69) is 5.32 Å². The van der Waals surface area contributed by atoms with Gasteiger partial charge in [-0.15, -0.1) is 0 Å². The Bertz CT molecular complexity index is 405.